The lowest BCUT2D eigenvalue weighted by Crippen LogP contribution is -2.13. The van der Waals surface area contributed by atoms with E-state index in [9.17, 15) is 9.90 Å². The van der Waals surface area contributed by atoms with Gasteiger partial charge in [-0.15, -0.1) is 0 Å². The van der Waals surface area contributed by atoms with Crippen molar-refractivity contribution in [2.45, 2.75) is 18.8 Å². The van der Waals surface area contributed by atoms with Crippen molar-refractivity contribution in [3.63, 3.8) is 0 Å². The van der Waals surface area contributed by atoms with Crippen LogP contribution in [0.4, 0.5) is 0 Å². The van der Waals surface area contributed by atoms with Gasteiger partial charge in [0.1, 0.15) is 16.0 Å². The van der Waals surface area contributed by atoms with Crippen LogP contribution in [0.25, 0.3) is 11.4 Å². The van der Waals surface area contributed by atoms with Crippen LogP contribution in [0.5, 0.6) is 5.75 Å². The van der Waals surface area contributed by atoms with Gasteiger partial charge in [0.05, 0.1) is 5.69 Å². The van der Waals surface area contributed by atoms with E-state index >= 15 is 0 Å². The van der Waals surface area contributed by atoms with Gasteiger partial charge in [0.2, 0.25) is 0 Å². The number of H-pyrrole nitrogens is 1. The minimum Gasteiger partial charge on any atom is -0.508 e. The molecule has 4 nitrogen and oxygen atoms in total. The molecule has 0 amide bonds. The number of aromatic nitrogens is 2. The van der Waals surface area contributed by atoms with E-state index in [1.165, 1.54) is 0 Å². The summed E-state index contributed by atoms with van der Waals surface area (Å²) in [7, 11) is 0. The highest BCUT2D eigenvalue weighted by atomic mass is 79.9. The minimum atomic E-state index is -0.176. The highest BCUT2D eigenvalue weighted by molar-refractivity contribution is 9.10. The van der Waals surface area contributed by atoms with Crippen LogP contribution < -0.4 is 5.56 Å². The van der Waals surface area contributed by atoms with Crippen molar-refractivity contribution in [1.29, 1.82) is 0 Å². The van der Waals surface area contributed by atoms with Gasteiger partial charge in [0.15, 0.2) is 0 Å². The fraction of sp³-hybridized carbons (Fsp3) is 0.231. The van der Waals surface area contributed by atoms with E-state index in [4.69, 9.17) is 0 Å². The number of phenols is 1. The predicted molar refractivity (Wildman–Crippen MR) is 71.6 cm³/mol. The van der Waals surface area contributed by atoms with Crippen molar-refractivity contribution in [2.75, 3.05) is 0 Å². The topological polar surface area (TPSA) is 66.0 Å². The molecule has 3 rings (SSSR count). The molecule has 0 saturated heterocycles. The number of nitrogens with zero attached hydrogens (tertiary/aromatic N) is 1. The van der Waals surface area contributed by atoms with E-state index in [2.05, 4.69) is 25.9 Å². The molecule has 1 heterocycles. The summed E-state index contributed by atoms with van der Waals surface area (Å²) in [6.45, 7) is 0. The summed E-state index contributed by atoms with van der Waals surface area (Å²) >= 11 is 3.29. The molecule has 1 fully saturated rings. The quantitative estimate of drug-likeness (QED) is 0.896. The van der Waals surface area contributed by atoms with Gasteiger partial charge in [-0.1, -0.05) is 12.1 Å². The average molecular weight is 307 g/mol. The standard InChI is InChI=1S/C13H11BrN2O2/c14-10-11(7-4-5-7)15-12(16-13(10)18)8-2-1-3-9(17)6-8/h1-3,6-7,17H,4-5H2,(H,15,16,18). The Morgan fingerprint density at radius 1 is 1.39 bits per heavy atom. The zero-order valence-electron chi connectivity index (χ0n) is 9.48. The second-order valence-electron chi connectivity index (χ2n) is 4.44. The molecule has 1 aromatic heterocycles. The van der Waals surface area contributed by atoms with Crippen LogP contribution >= 0.6 is 15.9 Å². The molecule has 1 saturated carbocycles. The largest absolute Gasteiger partial charge is 0.508 e. The van der Waals surface area contributed by atoms with E-state index in [1.54, 1.807) is 18.2 Å². The molecule has 92 valence electrons. The first-order chi connectivity index (χ1) is 8.65. The molecule has 0 bridgehead atoms. The molecule has 18 heavy (non-hydrogen) atoms. The summed E-state index contributed by atoms with van der Waals surface area (Å²) in [6.07, 6.45) is 2.16. The molecule has 0 radical (unpaired) electrons. The average Bonchev–Trinajstić information content (AvgIpc) is 3.16. The van der Waals surface area contributed by atoms with Crippen molar-refractivity contribution >= 4 is 15.9 Å². The lowest BCUT2D eigenvalue weighted by molar-refractivity contribution is 0.475. The number of aromatic hydroxyl groups is 1. The van der Waals surface area contributed by atoms with Gasteiger partial charge in [-0.05, 0) is 40.9 Å². The summed E-state index contributed by atoms with van der Waals surface area (Å²) in [6, 6.07) is 6.71. The third-order valence-corrected chi connectivity index (χ3v) is 3.74. The van der Waals surface area contributed by atoms with Crippen LogP contribution in [0.2, 0.25) is 0 Å². The Balaban J connectivity index is 2.15. The molecule has 0 unspecified atom stereocenters. The highest BCUT2D eigenvalue weighted by Gasteiger charge is 2.29. The van der Waals surface area contributed by atoms with Crippen molar-refractivity contribution in [3.05, 3.63) is 44.8 Å². The van der Waals surface area contributed by atoms with Crippen LogP contribution in [0, 0.1) is 0 Å². The first-order valence-corrected chi connectivity index (χ1v) is 6.53. The number of rotatable bonds is 2. The first kappa shape index (κ1) is 11.5. The fourth-order valence-electron chi connectivity index (χ4n) is 1.89. The van der Waals surface area contributed by atoms with Gasteiger partial charge in [-0.25, -0.2) is 4.98 Å². The second-order valence-corrected chi connectivity index (χ2v) is 5.23. The molecule has 0 spiro atoms. The molecule has 1 aliphatic rings. The monoisotopic (exact) mass is 306 g/mol. The summed E-state index contributed by atoms with van der Waals surface area (Å²) in [4.78, 5) is 19.1. The molecule has 0 atom stereocenters. The maximum atomic E-state index is 11.8. The zero-order chi connectivity index (χ0) is 12.7. The van der Waals surface area contributed by atoms with Gasteiger partial charge < -0.3 is 10.1 Å². The lowest BCUT2D eigenvalue weighted by atomic mass is 10.2. The SMILES string of the molecule is O=c1[nH]c(-c2cccc(O)c2)nc(C2CC2)c1Br. The summed E-state index contributed by atoms with van der Waals surface area (Å²) in [5.41, 5.74) is 1.35. The van der Waals surface area contributed by atoms with Gasteiger partial charge in [0, 0.05) is 11.5 Å². The van der Waals surface area contributed by atoms with Crippen molar-refractivity contribution < 1.29 is 5.11 Å². The van der Waals surface area contributed by atoms with E-state index in [0.29, 0.717) is 21.8 Å². The van der Waals surface area contributed by atoms with Crippen LogP contribution in [0.3, 0.4) is 0 Å². The molecule has 5 heteroatoms. The Morgan fingerprint density at radius 2 is 2.17 bits per heavy atom. The van der Waals surface area contributed by atoms with Crippen molar-refractivity contribution in [1.82, 2.24) is 9.97 Å². The number of hydrogen-bond acceptors (Lipinski definition) is 3. The number of benzene rings is 1. The summed E-state index contributed by atoms with van der Waals surface area (Å²) < 4.78 is 0.522. The van der Waals surface area contributed by atoms with E-state index < -0.39 is 0 Å². The van der Waals surface area contributed by atoms with Gasteiger partial charge in [0.25, 0.3) is 5.56 Å². The van der Waals surface area contributed by atoms with Crippen molar-refractivity contribution in [3.8, 4) is 17.1 Å². The number of aromatic amines is 1. The molecule has 2 N–H and O–H groups in total. The second kappa shape index (κ2) is 4.24. The van der Waals surface area contributed by atoms with Gasteiger partial charge in [-0.3, -0.25) is 4.79 Å². The Labute approximate surface area is 112 Å². The number of phenolic OH excluding ortho intramolecular Hbond substituents is 1. The Bertz CT molecular complexity index is 662. The maximum Gasteiger partial charge on any atom is 0.265 e. The molecular weight excluding hydrogens is 296 g/mol. The Morgan fingerprint density at radius 3 is 2.83 bits per heavy atom. The Kier molecular flexibility index (Phi) is 2.70. The minimum absolute atomic E-state index is 0.158. The molecule has 2 aromatic rings. The van der Waals surface area contributed by atoms with Crippen LogP contribution in [0.1, 0.15) is 24.5 Å². The maximum absolute atomic E-state index is 11.8. The van der Waals surface area contributed by atoms with E-state index in [0.717, 1.165) is 18.5 Å². The molecule has 1 aliphatic carbocycles. The number of hydrogen-bond donors (Lipinski definition) is 2. The van der Waals surface area contributed by atoms with Gasteiger partial charge in [-0.2, -0.15) is 0 Å². The third kappa shape index (κ3) is 2.06. The van der Waals surface area contributed by atoms with Gasteiger partial charge >= 0.3 is 0 Å². The zero-order valence-corrected chi connectivity index (χ0v) is 11.1. The molecular formula is C13H11BrN2O2. The normalized spacial score (nSPS) is 14.7. The molecule has 1 aromatic carbocycles. The van der Waals surface area contributed by atoms with Crippen molar-refractivity contribution in [2.24, 2.45) is 0 Å². The number of halogens is 1. The first-order valence-electron chi connectivity index (χ1n) is 5.74. The highest BCUT2D eigenvalue weighted by Crippen LogP contribution is 2.41. The lowest BCUT2D eigenvalue weighted by Gasteiger charge is -2.06. The fourth-order valence-corrected chi connectivity index (χ4v) is 2.40. The van der Waals surface area contributed by atoms with E-state index in [1.807, 2.05) is 6.07 Å². The van der Waals surface area contributed by atoms with Crippen LogP contribution in [0.15, 0.2) is 33.5 Å². The smallest absolute Gasteiger partial charge is 0.265 e. The summed E-state index contributed by atoms with van der Waals surface area (Å²) in [5, 5.41) is 9.46. The number of nitrogens with one attached hydrogen (secondary N) is 1. The van der Waals surface area contributed by atoms with Crippen LogP contribution in [-0.4, -0.2) is 15.1 Å². The van der Waals surface area contributed by atoms with E-state index in [-0.39, 0.29) is 11.3 Å². The summed E-state index contributed by atoms with van der Waals surface area (Å²) in [5.74, 6) is 1.05. The van der Waals surface area contributed by atoms with Crippen LogP contribution in [-0.2, 0) is 0 Å². The third-order valence-electron chi connectivity index (χ3n) is 2.97. The Hall–Kier alpha value is -1.62. The predicted octanol–water partition coefficient (Wildman–Crippen LogP) is 2.78. The molecule has 0 aliphatic heterocycles.